The molecule has 1 aliphatic rings. The number of hydrogen-bond acceptors (Lipinski definition) is 2. The van der Waals surface area contributed by atoms with Gasteiger partial charge in [0.25, 0.3) is 0 Å². The summed E-state index contributed by atoms with van der Waals surface area (Å²) in [7, 11) is 3.99. The molecular weight excluding hydrogens is 307 g/mol. The van der Waals surface area contributed by atoms with E-state index >= 15 is 0 Å². The summed E-state index contributed by atoms with van der Waals surface area (Å²) in [6.45, 7) is 1.85. The molecule has 1 saturated heterocycles. The Labute approximate surface area is 134 Å². The first-order chi connectivity index (χ1) is 10.8. The minimum Gasteiger partial charge on any atom is -0.338 e. The molecule has 0 aromatic heterocycles. The lowest BCUT2D eigenvalue weighted by atomic mass is 10.1. The third kappa shape index (κ3) is 4.86. The van der Waals surface area contributed by atoms with Crippen LogP contribution in [0, 0.1) is 0 Å². The van der Waals surface area contributed by atoms with Crippen LogP contribution in [0.25, 0.3) is 0 Å². The van der Waals surface area contributed by atoms with Gasteiger partial charge in [-0.2, -0.15) is 13.2 Å². The van der Waals surface area contributed by atoms with Crippen molar-refractivity contribution in [3.8, 4) is 0 Å². The number of carbonyl (C=O) groups is 1. The standard InChI is InChI=1S/C16H22F3N3O/c1-21(2)14-8-10-22(11-14)15(23)20-9-7-12-3-5-13(6-4-12)16(17,18)19/h3-6,14H,7-11H2,1-2H3,(H,20,23)/t14-/m0/s1. The molecule has 0 radical (unpaired) electrons. The number of benzene rings is 1. The van der Waals surface area contributed by atoms with Crippen molar-refractivity contribution in [1.82, 2.24) is 15.1 Å². The third-order valence-electron chi connectivity index (χ3n) is 4.15. The predicted molar refractivity (Wildman–Crippen MR) is 82.2 cm³/mol. The lowest BCUT2D eigenvalue weighted by Crippen LogP contribution is -2.41. The van der Waals surface area contributed by atoms with Crippen molar-refractivity contribution in [2.24, 2.45) is 0 Å². The topological polar surface area (TPSA) is 35.6 Å². The molecule has 1 aliphatic heterocycles. The molecule has 23 heavy (non-hydrogen) atoms. The summed E-state index contributed by atoms with van der Waals surface area (Å²) >= 11 is 0. The minimum atomic E-state index is -4.31. The van der Waals surface area contributed by atoms with E-state index in [2.05, 4.69) is 10.2 Å². The molecule has 0 saturated carbocycles. The van der Waals surface area contributed by atoms with Gasteiger partial charge in [-0.15, -0.1) is 0 Å². The van der Waals surface area contributed by atoms with Crippen molar-refractivity contribution in [2.75, 3.05) is 33.7 Å². The summed E-state index contributed by atoms with van der Waals surface area (Å²) in [4.78, 5) is 15.9. The number of hydrogen-bond donors (Lipinski definition) is 1. The molecule has 1 fully saturated rings. The molecule has 2 rings (SSSR count). The van der Waals surface area contributed by atoms with Crippen LogP contribution in [0.15, 0.2) is 24.3 Å². The molecule has 1 aromatic rings. The van der Waals surface area contributed by atoms with E-state index < -0.39 is 11.7 Å². The second-order valence-electron chi connectivity index (χ2n) is 6.03. The van der Waals surface area contributed by atoms with Gasteiger partial charge in [0.05, 0.1) is 5.56 Å². The van der Waals surface area contributed by atoms with Gasteiger partial charge in [0, 0.05) is 25.7 Å². The zero-order valence-electron chi connectivity index (χ0n) is 13.4. The number of likely N-dealkylation sites (tertiary alicyclic amines) is 1. The Morgan fingerprint density at radius 3 is 2.48 bits per heavy atom. The van der Waals surface area contributed by atoms with Gasteiger partial charge in [0.2, 0.25) is 0 Å². The third-order valence-corrected chi connectivity index (χ3v) is 4.15. The number of amides is 2. The van der Waals surface area contributed by atoms with Gasteiger partial charge < -0.3 is 15.1 Å². The molecule has 0 aliphatic carbocycles. The second kappa shape index (κ2) is 7.21. The van der Waals surface area contributed by atoms with Crippen LogP contribution < -0.4 is 5.32 Å². The highest BCUT2D eigenvalue weighted by molar-refractivity contribution is 5.74. The first-order valence-corrected chi connectivity index (χ1v) is 7.62. The first kappa shape index (κ1) is 17.6. The van der Waals surface area contributed by atoms with Crippen molar-refractivity contribution in [3.05, 3.63) is 35.4 Å². The number of carbonyl (C=O) groups excluding carboxylic acids is 1. The molecule has 2 amide bonds. The number of likely N-dealkylation sites (N-methyl/N-ethyl adjacent to an activating group) is 1. The zero-order valence-corrected chi connectivity index (χ0v) is 13.4. The smallest absolute Gasteiger partial charge is 0.338 e. The van der Waals surface area contributed by atoms with Crippen molar-refractivity contribution in [1.29, 1.82) is 0 Å². The summed E-state index contributed by atoms with van der Waals surface area (Å²) in [5, 5.41) is 2.82. The molecule has 4 nitrogen and oxygen atoms in total. The van der Waals surface area contributed by atoms with E-state index in [9.17, 15) is 18.0 Å². The van der Waals surface area contributed by atoms with Crippen LogP contribution in [0.2, 0.25) is 0 Å². The fourth-order valence-corrected chi connectivity index (χ4v) is 2.63. The van der Waals surface area contributed by atoms with Crippen molar-refractivity contribution in [3.63, 3.8) is 0 Å². The molecule has 0 unspecified atom stereocenters. The SMILES string of the molecule is CN(C)[C@H]1CCN(C(=O)NCCc2ccc(C(F)(F)F)cc2)C1. The Morgan fingerprint density at radius 1 is 1.30 bits per heavy atom. The van der Waals surface area contributed by atoms with Gasteiger partial charge in [-0.1, -0.05) is 12.1 Å². The van der Waals surface area contributed by atoms with Crippen LogP contribution in [0.1, 0.15) is 17.5 Å². The van der Waals surface area contributed by atoms with E-state index in [4.69, 9.17) is 0 Å². The lowest BCUT2D eigenvalue weighted by molar-refractivity contribution is -0.137. The Kier molecular flexibility index (Phi) is 5.51. The maximum Gasteiger partial charge on any atom is 0.416 e. The van der Waals surface area contributed by atoms with Gasteiger partial charge in [-0.3, -0.25) is 0 Å². The van der Waals surface area contributed by atoms with E-state index in [1.165, 1.54) is 12.1 Å². The Bertz CT molecular complexity index is 528. The van der Waals surface area contributed by atoms with Crippen LogP contribution in [0.5, 0.6) is 0 Å². The van der Waals surface area contributed by atoms with Gasteiger partial charge >= 0.3 is 12.2 Å². The lowest BCUT2D eigenvalue weighted by Gasteiger charge is -2.20. The summed E-state index contributed by atoms with van der Waals surface area (Å²) < 4.78 is 37.4. The second-order valence-corrected chi connectivity index (χ2v) is 6.03. The summed E-state index contributed by atoms with van der Waals surface area (Å²) in [5.74, 6) is 0. The van der Waals surface area contributed by atoms with Crippen molar-refractivity contribution in [2.45, 2.75) is 25.1 Å². The van der Waals surface area contributed by atoms with E-state index in [0.717, 1.165) is 30.7 Å². The fraction of sp³-hybridized carbons (Fsp3) is 0.562. The van der Waals surface area contributed by atoms with Crippen LogP contribution >= 0.6 is 0 Å². The molecule has 1 N–H and O–H groups in total. The highest BCUT2D eigenvalue weighted by Crippen LogP contribution is 2.29. The quantitative estimate of drug-likeness (QED) is 0.922. The molecule has 1 heterocycles. The van der Waals surface area contributed by atoms with Gasteiger partial charge in [0.15, 0.2) is 0 Å². The highest BCUT2D eigenvalue weighted by Gasteiger charge is 2.30. The summed E-state index contributed by atoms with van der Waals surface area (Å²) in [6, 6.07) is 5.32. The van der Waals surface area contributed by atoms with Crippen LogP contribution in [-0.4, -0.2) is 55.6 Å². The molecule has 0 spiro atoms. The number of nitrogens with one attached hydrogen (secondary N) is 1. The van der Waals surface area contributed by atoms with E-state index in [0.29, 0.717) is 25.6 Å². The zero-order chi connectivity index (χ0) is 17.0. The van der Waals surface area contributed by atoms with Gasteiger partial charge in [-0.05, 0) is 44.6 Å². The Morgan fingerprint density at radius 2 is 1.96 bits per heavy atom. The van der Waals surface area contributed by atoms with Crippen molar-refractivity contribution < 1.29 is 18.0 Å². The van der Waals surface area contributed by atoms with Crippen LogP contribution in [0.4, 0.5) is 18.0 Å². The molecule has 1 aromatic carbocycles. The first-order valence-electron chi connectivity index (χ1n) is 7.62. The number of alkyl halides is 3. The molecule has 7 heteroatoms. The average molecular weight is 329 g/mol. The van der Waals surface area contributed by atoms with Crippen LogP contribution in [-0.2, 0) is 12.6 Å². The summed E-state index contributed by atoms with van der Waals surface area (Å²) in [5.41, 5.74) is 0.114. The fourth-order valence-electron chi connectivity index (χ4n) is 2.63. The van der Waals surface area contributed by atoms with E-state index in [1.807, 2.05) is 14.1 Å². The largest absolute Gasteiger partial charge is 0.416 e. The average Bonchev–Trinajstić information content (AvgIpc) is 2.97. The number of urea groups is 1. The Balaban J connectivity index is 1.76. The normalized spacial score (nSPS) is 18.5. The highest BCUT2D eigenvalue weighted by atomic mass is 19.4. The van der Waals surface area contributed by atoms with Gasteiger partial charge in [-0.25, -0.2) is 4.79 Å². The van der Waals surface area contributed by atoms with E-state index in [1.54, 1.807) is 4.90 Å². The van der Waals surface area contributed by atoms with Crippen molar-refractivity contribution >= 4 is 6.03 Å². The summed E-state index contributed by atoms with van der Waals surface area (Å²) in [6.07, 6.45) is -2.85. The molecule has 1 atom stereocenters. The van der Waals surface area contributed by atoms with Gasteiger partial charge in [0.1, 0.15) is 0 Å². The Hall–Kier alpha value is -1.76. The number of nitrogens with zero attached hydrogens (tertiary/aromatic N) is 2. The number of rotatable bonds is 4. The van der Waals surface area contributed by atoms with E-state index in [-0.39, 0.29) is 6.03 Å². The monoisotopic (exact) mass is 329 g/mol. The molecule has 128 valence electrons. The molecular formula is C16H22F3N3O. The minimum absolute atomic E-state index is 0.110. The van der Waals surface area contributed by atoms with Crippen LogP contribution in [0.3, 0.4) is 0 Å². The molecule has 0 bridgehead atoms. The number of halogens is 3. The maximum absolute atomic E-state index is 12.5. The predicted octanol–water partition coefficient (Wildman–Crippen LogP) is 2.59. The maximum atomic E-state index is 12.5.